The molecule has 12 heavy (non-hydrogen) atoms. The fraction of sp³-hybridized carbons (Fsp3) is 0. The molecule has 4 nitrogen and oxygen atoms in total. The van der Waals surface area contributed by atoms with Gasteiger partial charge in [0.2, 0.25) is 0 Å². The van der Waals surface area contributed by atoms with Gasteiger partial charge in [-0.25, -0.2) is 0 Å². The number of benzene rings is 1. The third-order valence-electron chi connectivity index (χ3n) is 1.35. The van der Waals surface area contributed by atoms with Crippen LogP contribution in [0.2, 0.25) is 0 Å². The highest BCUT2D eigenvalue weighted by molar-refractivity contribution is 5.60. The monoisotopic (exact) mass is 164 g/mol. The second-order valence-corrected chi connectivity index (χ2v) is 2.24. The summed E-state index contributed by atoms with van der Waals surface area (Å²) < 4.78 is 0. The minimum absolute atomic E-state index is 0.167. The van der Waals surface area contributed by atoms with Crippen molar-refractivity contribution >= 4 is 5.70 Å². The molecular weight excluding hydrogens is 156 g/mol. The third kappa shape index (κ3) is 2.09. The topological polar surface area (TPSA) is 69.2 Å². The predicted octanol–water partition coefficient (Wildman–Crippen LogP) is 1.22. The molecule has 0 bridgehead atoms. The van der Waals surface area contributed by atoms with Gasteiger partial charge in [0.25, 0.3) is 6.20 Å². The van der Waals surface area contributed by atoms with Gasteiger partial charge in [-0.3, -0.25) is 10.1 Å². The standard InChI is InChI=1S/C8H8N2O2/c9-8(6-10(11)12)7-4-2-1-3-5-7/h1-6H,9H2/b8-6+. The molecular formula is C8H8N2O2. The molecule has 0 unspecified atom stereocenters. The Kier molecular flexibility index (Phi) is 2.42. The molecule has 0 saturated carbocycles. The quantitative estimate of drug-likeness (QED) is 0.527. The molecule has 0 atom stereocenters. The van der Waals surface area contributed by atoms with E-state index in [4.69, 9.17) is 5.73 Å². The molecule has 0 aliphatic heterocycles. The lowest BCUT2D eigenvalue weighted by Gasteiger charge is -1.95. The van der Waals surface area contributed by atoms with Crippen LogP contribution in [0.3, 0.4) is 0 Å². The second kappa shape index (κ2) is 3.52. The number of nitro groups is 1. The van der Waals surface area contributed by atoms with Crippen molar-refractivity contribution in [2.24, 2.45) is 5.73 Å². The van der Waals surface area contributed by atoms with Crippen LogP contribution >= 0.6 is 0 Å². The van der Waals surface area contributed by atoms with Crippen molar-refractivity contribution in [3.63, 3.8) is 0 Å². The zero-order valence-electron chi connectivity index (χ0n) is 6.31. The van der Waals surface area contributed by atoms with Gasteiger partial charge < -0.3 is 5.73 Å². The van der Waals surface area contributed by atoms with Crippen molar-refractivity contribution in [2.75, 3.05) is 0 Å². The van der Waals surface area contributed by atoms with E-state index in [0.717, 1.165) is 6.20 Å². The van der Waals surface area contributed by atoms with E-state index in [9.17, 15) is 10.1 Å². The Hall–Kier alpha value is -1.84. The van der Waals surface area contributed by atoms with Crippen LogP contribution in [0.15, 0.2) is 36.5 Å². The van der Waals surface area contributed by atoms with Crippen LogP contribution in [-0.2, 0) is 0 Å². The molecule has 0 saturated heterocycles. The lowest BCUT2D eigenvalue weighted by molar-refractivity contribution is -0.401. The Morgan fingerprint density at radius 1 is 1.42 bits per heavy atom. The number of rotatable bonds is 2. The van der Waals surface area contributed by atoms with E-state index in [2.05, 4.69) is 0 Å². The van der Waals surface area contributed by atoms with Crippen molar-refractivity contribution in [1.29, 1.82) is 0 Å². The van der Waals surface area contributed by atoms with Gasteiger partial charge in [-0.1, -0.05) is 30.3 Å². The largest absolute Gasteiger partial charge is 0.393 e. The SMILES string of the molecule is N/C(=C/[N+](=O)[O-])c1ccccc1. The average Bonchev–Trinajstić information content (AvgIpc) is 2.05. The van der Waals surface area contributed by atoms with Crippen LogP contribution in [0.25, 0.3) is 5.70 Å². The highest BCUT2D eigenvalue weighted by Crippen LogP contribution is 2.06. The summed E-state index contributed by atoms with van der Waals surface area (Å²) in [5.74, 6) is 0. The van der Waals surface area contributed by atoms with Crippen molar-refractivity contribution in [1.82, 2.24) is 0 Å². The summed E-state index contributed by atoms with van der Waals surface area (Å²) in [5.41, 5.74) is 6.24. The van der Waals surface area contributed by atoms with E-state index in [0.29, 0.717) is 5.56 Å². The van der Waals surface area contributed by atoms with Crippen molar-refractivity contribution in [3.8, 4) is 0 Å². The van der Waals surface area contributed by atoms with Crippen molar-refractivity contribution in [2.45, 2.75) is 0 Å². The molecule has 0 radical (unpaired) electrons. The Morgan fingerprint density at radius 3 is 2.50 bits per heavy atom. The van der Waals surface area contributed by atoms with Gasteiger partial charge in [-0.05, 0) is 0 Å². The lowest BCUT2D eigenvalue weighted by Crippen LogP contribution is -1.99. The van der Waals surface area contributed by atoms with Crippen molar-refractivity contribution < 1.29 is 4.92 Å². The first-order valence-electron chi connectivity index (χ1n) is 3.36. The third-order valence-corrected chi connectivity index (χ3v) is 1.35. The highest BCUT2D eigenvalue weighted by atomic mass is 16.6. The molecule has 1 aromatic rings. The predicted molar refractivity (Wildman–Crippen MR) is 45.6 cm³/mol. The molecule has 0 spiro atoms. The Balaban J connectivity index is 2.93. The van der Waals surface area contributed by atoms with E-state index >= 15 is 0 Å². The number of hydrogen-bond acceptors (Lipinski definition) is 3. The van der Waals surface area contributed by atoms with Gasteiger partial charge in [0, 0.05) is 5.56 Å². The minimum atomic E-state index is -0.567. The first-order chi connectivity index (χ1) is 5.70. The maximum Gasteiger partial charge on any atom is 0.257 e. The first-order valence-corrected chi connectivity index (χ1v) is 3.36. The van der Waals surface area contributed by atoms with Crippen LogP contribution in [0.4, 0.5) is 0 Å². The van der Waals surface area contributed by atoms with Gasteiger partial charge in [0.05, 0.1) is 4.92 Å². The summed E-state index contributed by atoms with van der Waals surface area (Å²) in [4.78, 5) is 9.47. The highest BCUT2D eigenvalue weighted by Gasteiger charge is 1.98. The maximum absolute atomic E-state index is 10.0. The van der Waals surface area contributed by atoms with E-state index in [1.807, 2.05) is 6.07 Å². The summed E-state index contributed by atoms with van der Waals surface area (Å²) in [7, 11) is 0. The molecule has 2 N–H and O–H groups in total. The van der Waals surface area contributed by atoms with Gasteiger partial charge in [0.1, 0.15) is 5.70 Å². The zero-order chi connectivity index (χ0) is 8.97. The first kappa shape index (κ1) is 8.26. The molecule has 4 heteroatoms. The molecule has 0 aliphatic rings. The molecule has 0 aromatic heterocycles. The van der Waals surface area contributed by atoms with E-state index < -0.39 is 4.92 Å². The summed E-state index contributed by atoms with van der Waals surface area (Å²) in [6, 6.07) is 8.81. The van der Waals surface area contributed by atoms with Crippen molar-refractivity contribution in [3.05, 3.63) is 52.2 Å². The summed E-state index contributed by atoms with van der Waals surface area (Å²) in [5, 5.41) is 10.0. The van der Waals surface area contributed by atoms with Crippen LogP contribution < -0.4 is 5.73 Å². The number of hydrogen-bond donors (Lipinski definition) is 1. The molecule has 0 heterocycles. The Morgan fingerprint density at radius 2 is 2.00 bits per heavy atom. The smallest absolute Gasteiger partial charge is 0.257 e. The van der Waals surface area contributed by atoms with Crippen LogP contribution in [0.1, 0.15) is 5.56 Å². The second-order valence-electron chi connectivity index (χ2n) is 2.24. The maximum atomic E-state index is 10.0. The van der Waals surface area contributed by atoms with Gasteiger partial charge >= 0.3 is 0 Å². The summed E-state index contributed by atoms with van der Waals surface area (Å²) in [6.07, 6.45) is 0.787. The van der Waals surface area contributed by atoms with E-state index in [1.54, 1.807) is 24.3 Å². The van der Waals surface area contributed by atoms with Crippen LogP contribution in [0.5, 0.6) is 0 Å². The Labute approximate surface area is 69.5 Å². The zero-order valence-corrected chi connectivity index (χ0v) is 6.31. The summed E-state index contributed by atoms with van der Waals surface area (Å²) in [6.45, 7) is 0. The summed E-state index contributed by atoms with van der Waals surface area (Å²) >= 11 is 0. The molecule has 1 aromatic carbocycles. The lowest BCUT2D eigenvalue weighted by atomic mass is 10.2. The van der Waals surface area contributed by atoms with Gasteiger partial charge in [-0.2, -0.15) is 0 Å². The molecule has 0 aliphatic carbocycles. The Bertz CT molecular complexity index is 306. The minimum Gasteiger partial charge on any atom is -0.393 e. The van der Waals surface area contributed by atoms with Gasteiger partial charge in [-0.15, -0.1) is 0 Å². The van der Waals surface area contributed by atoms with Gasteiger partial charge in [0.15, 0.2) is 0 Å². The molecule has 1 rings (SSSR count). The fourth-order valence-corrected chi connectivity index (χ4v) is 0.819. The normalized spacial score (nSPS) is 11.2. The number of nitrogens with two attached hydrogens (primary N) is 1. The molecule has 0 amide bonds. The van der Waals surface area contributed by atoms with Crippen LogP contribution in [0, 0.1) is 10.1 Å². The number of nitrogens with zero attached hydrogens (tertiary/aromatic N) is 1. The fourth-order valence-electron chi connectivity index (χ4n) is 0.819. The van der Waals surface area contributed by atoms with E-state index in [-0.39, 0.29) is 5.70 Å². The van der Waals surface area contributed by atoms with Crippen LogP contribution in [-0.4, -0.2) is 4.92 Å². The molecule has 0 fully saturated rings. The van der Waals surface area contributed by atoms with E-state index in [1.165, 1.54) is 0 Å². The molecule has 62 valence electrons. The average molecular weight is 164 g/mol.